The average molecular weight is 398 g/mol. The molecule has 6 rings (SSSR count). The van der Waals surface area contributed by atoms with Gasteiger partial charge in [0.05, 0.1) is 5.75 Å². The summed E-state index contributed by atoms with van der Waals surface area (Å²) in [6.45, 7) is 2.04. The SMILES string of the molecule is Cc1ccc(-c2nnc(SCC(=O)NC34CC5CC(CC(C5)C3)C4)n2N)cc1. The minimum absolute atomic E-state index is 0.0514. The molecule has 1 heterocycles. The van der Waals surface area contributed by atoms with E-state index < -0.39 is 0 Å². The van der Waals surface area contributed by atoms with Crippen molar-refractivity contribution in [3.8, 4) is 11.4 Å². The third-order valence-electron chi connectivity index (χ3n) is 6.75. The number of hydrogen-bond acceptors (Lipinski definition) is 5. The number of aromatic nitrogens is 3. The molecule has 0 saturated heterocycles. The van der Waals surface area contributed by atoms with E-state index in [1.54, 1.807) is 0 Å². The minimum Gasteiger partial charge on any atom is -0.350 e. The number of carbonyl (C=O) groups excluding carboxylic acids is 1. The molecular weight excluding hydrogens is 370 g/mol. The molecule has 148 valence electrons. The molecule has 6 nitrogen and oxygen atoms in total. The van der Waals surface area contributed by atoms with Crippen molar-refractivity contribution in [1.29, 1.82) is 0 Å². The van der Waals surface area contributed by atoms with Gasteiger partial charge in [-0.2, -0.15) is 0 Å². The topological polar surface area (TPSA) is 85.8 Å². The van der Waals surface area contributed by atoms with Gasteiger partial charge in [0.25, 0.3) is 0 Å². The van der Waals surface area contributed by atoms with Crippen LogP contribution in [0.2, 0.25) is 0 Å². The fraction of sp³-hybridized carbons (Fsp3) is 0.571. The minimum atomic E-state index is 0.0514. The number of nitrogen functional groups attached to an aromatic ring is 1. The largest absolute Gasteiger partial charge is 0.350 e. The average Bonchev–Trinajstić information content (AvgIpc) is 3.00. The van der Waals surface area contributed by atoms with E-state index >= 15 is 0 Å². The van der Waals surface area contributed by atoms with Crippen molar-refractivity contribution >= 4 is 17.7 Å². The van der Waals surface area contributed by atoms with Gasteiger partial charge in [-0.3, -0.25) is 4.79 Å². The van der Waals surface area contributed by atoms with E-state index in [1.807, 2.05) is 31.2 Å². The number of hydrogen-bond donors (Lipinski definition) is 2. The molecule has 4 aliphatic rings. The molecule has 0 unspecified atom stereocenters. The molecule has 0 radical (unpaired) electrons. The van der Waals surface area contributed by atoms with Gasteiger partial charge >= 0.3 is 0 Å². The third kappa shape index (κ3) is 3.30. The maximum Gasteiger partial charge on any atom is 0.230 e. The summed E-state index contributed by atoms with van der Waals surface area (Å²) in [5.74, 6) is 9.68. The summed E-state index contributed by atoms with van der Waals surface area (Å²) >= 11 is 1.35. The van der Waals surface area contributed by atoms with Gasteiger partial charge in [0.2, 0.25) is 11.1 Å². The lowest BCUT2D eigenvalue weighted by atomic mass is 9.53. The molecule has 4 bridgehead atoms. The monoisotopic (exact) mass is 397 g/mol. The van der Waals surface area contributed by atoms with Crippen LogP contribution in [0.3, 0.4) is 0 Å². The smallest absolute Gasteiger partial charge is 0.230 e. The highest BCUT2D eigenvalue weighted by Crippen LogP contribution is 2.55. The number of benzene rings is 1. The number of thioether (sulfide) groups is 1. The van der Waals surface area contributed by atoms with Crippen molar-refractivity contribution in [3.63, 3.8) is 0 Å². The van der Waals surface area contributed by atoms with E-state index in [0.717, 1.165) is 23.3 Å². The summed E-state index contributed by atoms with van der Waals surface area (Å²) in [7, 11) is 0. The van der Waals surface area contributed by atoms with Gasteiger partial charge in [0, 0.05) is 11.1 Å². The summed E-state index contributed by atoms with van der Waals surface area (Å²) in [4.78, 5) is 12.7. The maximum absolute atomic E-state index is 12.7. The number of aryl methyl sites for hydroxylation is 1. The van der Waals surface area contributed by atoms with E-state index in [2.05, 4.69) is 15.5 Å². The molecule has 4 saturated carbocycles. The normalized spacial score (nSPS) is 30.5. The van der Waals surface area contributed by atoms with Crippen molar-refractivity contribution in [3.05, 3.63) is 29.8 Å². The van der Waals surface area contributed by atoms with Gasteiger partial charge in [-0.15, -0.1) is 10.2 Å². The van der Waals surface area contributed by atoms with Crippen molar-refractivity contribution < 1.29 is 4.79 Å². The van der Waals surface area contributed by atoms with E-state index in [-0.39, 0.29) is 11.4 Å². The van der Waals surface area contributed by atoms with E-state index in [9.17, 15) is 4.79 Å². The Morgan fingerprint density at radius 2 is 1.75 bits per heavy atom. The molecule has 0 spiro atoms. The first kappa shape index (κ1) is 18.0. The molecule has 0 atom stereocenters. The molecular formula is C21H27N5OS. The highest BCUT2D eigenvalue weighted by atomic mass is 32.2. The van der Waals surface area contributed by atoms with Crippen LogP contribution in [-0.4, -0.2) is 32.1 Å². The van der Waals surface area contributed by atoms with Crippen molar-refractivity contribution in [2.75, 3.05) is 11.6 Å². The Morgan fingerprint density at radius 3 is 2.36 bits per heavy atom. The van der Waals surface area contributed by atoms with E-state index in [1.165, 1.54) is 60.5 Å². The zero-order valence-electron chi connectivity index (χ0n) is 16.2. The Labute approximate surface area is 169 Å². The third-order valence-corrected chi connectivity index (χ3v) is 7.69. The Bertz CT molecular complexity index is 855. The van der Waals surface area contributed by atoms with Gasteiger partial charge < -0.3 is 11.2 Å². The first-order valence-electron chi connectivity index (χ1n) is 10.2. The Hall–Kier alpha value is -2.02. The Balaban J connectivity index is 1.22. The van der Waals surface area contributed by atoms with E-state index in [4.69, 9.17) is 5.84 Å². The zero-order valence-corrected chi connectivity index (χ0v) is 17.0. The van der Waals surface area contributed by atoms with E-state index in [0.29, 0.717) is 16.7 Å². The molecule has 4 fully saturated rings. The lowest BCUT2D eigenvalue weighted by Gasteiger charge is -2.56. The predicted molar refractivity (Wildman–Crippen MR) is 110 cm³/mol. The summed E-state index contributed by atoms with van der Waals surface area (Å²) in [6, 6.07) is 8.01. The maximum atomic E-state index is 12.7. The standard InChI is InChI=1S/C21H27N5OS/c1-13-2-4-17(5-3-13)19-24-25-20(26(19)22)28-12-18(27)23-21-9-14-6-15(10-21)8-16(7-14)11-21/h2-5,14-16H,6-12,22H2,1H3,(H,23,27). The van der Waals surface area contributed by atoms with Crippen LogP contribution in [0.25, 0.3) is 11.4 Å². The summed E-state index contributed by atoms with van der Waals surface area (Å²) in [6.07, 6.45) is 7.63. The number of rotatable bonds is 5. The molecule has 2 aromatic rings. The number of nitrogens with zero attached hydrogens (tertiary/aromatic N) is 3. The lowest BCUT2D eigenvalue weighted by molar-refractivity contribution is -0.124. The van der Waals surface area contributed by atoms with Crippen LogP contribution >= 0.6 is 11.8 Å². The molecule has 1 aromatic carbocycles. The predicted octanol–water partition coefficient (Wildman–Crippen LogP) is 3.14. The highest BCUT2D eigenvalue weighted by Gasteiger charge is 2.51. The van der Waals surface area contributed by atoms with Crippen LogP contribution in [0.4, 0.5) is 0 Å². The second-order valence-corrected chi connectivity index (χ2v) is 10.0. The van der Waals surface area contributed by atoms with Crippen molar-refractivity contribution in [2.24, 2.45) is 17.8 Å². The van der Waals surface area contributed by atoms with Crippen LogP contribution in [0.5, 0.6) is 0 Å². The van der Waals surface area contributed by atoms with Gasteiger partial charge in [0.15, 0.2) is 5.82 Å². The second-order valence-electron chi connectivity index (χ2n) is 9.08. The van der Waals surface area contributed by atoms with Crippen LogP contribution in [0.1, 0.15) is 44.1 Å². The van der Waals surface area contributed by atoms with Gasteiger partial charge in [-0.25, -0.2) is 4.68 Å². The summed E-state index contributed by atoms with van der Waals surface area (Å²) in [5, 5.41) is 12.4. The first-order chi connectivity index (χ1) is 13.5. The van der Waals surface area contributed by atoms with Crippen LogP contribution < -0.4 is 11.2 Å². The van der Waals surface area contributed by atoms with Crippen LogP contribution in [0, 0.1) is 24.7 Å². The quantitative estimate of drug-likeness (QED) is 0.598. The zero-order chi connectivity index (χ0) is 19.3. The number of nitrogens with one attached hydrogen (secondary N) is 1. The second kappa shape index (κ2) is 6.79. The lowest BCUT2D eigenvalue weighted by Crippen LogP contribution is -2.60. The Morgan fingerprint density at radius 1 is 1.14 bits per heavy atom. The number of nitrogens with two attached hydrogens (primary N) is 1. The van der Waals surface area contributed by atoms with Crippen LogP contribution in [-0.2, 0) is 4.79 Å². The summed E-state index contributed by atoms with van der Waals surface area (Å²) in [5.41, 5.74) is 2.16. The van der Waals surface area contributed by atoms with Crippen molar-refractivity contribution in [2.45, 2.75) is 56.1 Å². The summed E-state index contributed by atoms with van der Waals surface area (Å²) < 4.78 is 1.48. The van der Waals surface area contributed by atoms with Crippen LogP contribution in [0.15, 0.2) is 29.4 Å². The molecule has 0 aliphatic heterocycles. The molecule has 7 heteroatoms. The Kier molecular flexibility index (Phi) is 4.38. The molecule has 4 aliphatic carbocycles. The number of carbonyl (C=O) groups is 1. The first-order valence-corrected chi connectivity index (χ1v) is 11.2. The van der Waals surface area contributed by atoms with Crippen molar-refractivity contribution in [1.82, 2.24) is 20.2 Å². The molecule has 1 aromatic heterocycles. The fourth-order valence-corrected chi connectivity index (χ4v) is 6.66. The van der Waals surface area contributed by atoms with Gasteiger partial charge in [-0.1, -0.05) is 41.6 Å². The molecule has 3 N–H and O–H groups in total. The number of amides is 1. The molecule has 28 heavy (non-hydrogen) atoms. The van der Waals surface area contributed by atoms with Gasteiger partial charge in [0.1, 0.15) is 0 Å². The molecule has 1 amide bonds. The fourth-order valence-electron chi connectivity index (χ4n) is 6.00. The highest BCUT2D eigenvalue weighted by molar-refractivity contribution is 7.99. The van der Waals surface area contributed by atoms with Gasteiger partial charge in [-0.05, 0) is 63.2 Å².